The molecule has 0 fully saturated rings. The van der Waals surface area contributed by atoms with Crippen LogP contribution in [0.3, 0.4) is 0 Å². The van der Waals surface area contributed by atoms with Gasteiger partial charge in [0.15, 0.2) is 5.75 Å². The Morgan fingerprint density at radius 2 is 2.12 bits per heavy atom. The van der Waals surface area contributed by atoms with Crippen LogP contribution in [0.25, 0.3) is 0 Å². The van der Waals surface area contributed by atoms with E-state index < -0.39 is 0 Å². The van der Waals surface area contributed by atoms with Gasteiger partial charge in [-0.3, -0.25) is 4.68 Å². The Balaban J connectivity index is 2.25. The topological polar surface area (TPSA) is 66.0 Å². The third-order valence-electron chi connectivity index (χ3n) is 2.68. The van der Waals surface area contributed by atoms with Crippen LogP contribution >= 0.6 is 0 Å². The molecule has 90 valence electrons. The number of ether oxygens (including phenoxy) is 1. The lowest BCUT2D eigenvalue weighted by atomic mass is 10.3. The number of pyridine rings is 1. The summed E-state index contributed by atoms with van der Waals surface area (Å²) in [6.45, 7) is 4.36. The second-order valence-corrected chi connectivity index (χ2v) is 3.93. The molecule has 2 heterocycles. The van der Waals surface area contributed by atoms with E-state index in [9.17, 15) is 0 Å². The van der Waals surface area contributed by atoms with E-state index in [2.05, 4.69) is 10.1 Å². The Bertz CT molecular complexity index is 516. The molecule has 0 unspecified atom stereocenters. The van der Waals surface area contributed by atoms with Gasteiger partial charge in [0.25, 0.3) is 0 Å². The van der Waals surface area contributed by atoms with E-state index in [1.165, 1.54) is 0 Å². The van der Waals surface area contributed by atoms with Gasteiger partial charge in [-0.25, -0.2) is 4.98 Å². The Labute approximate surface area is 100 Å². The normalized spacial score (nSPS) is 10.6. The number of nitrogens with two attached hydrogens (primary N) is 1. The fraction of sp³-hybridized carbons (Fsp3) is 0.333. The maximum Gasteiger partial charge on any atom is 0.219 e. The molecule has 2 N–H and O–H groups in total. The zero-order valence-corrected chi connectivity index (χ0v) is 10.3. The minimum Gasteiger partial charge on any atom is -0.435 e. The van der Waals surface area contributed by atoms with E-state index in [4.69, 9.17) is 10.5 Å². The number of nitrogens with zero attached hydrogens (tertiary/aromatic N) is 3. The van der Waals surface area contributed by atoms with Gasteiger partial charge in [0.1, 0.15) is 5.69 Å². The van der Waals surface area contributed by atoms with Crippen molar-refractivity contribution in [3.05, 3.63) is 35.3 Å². The molecule has 0 spiro atoms. The minimum atomic E-state index is 0.484. The van der Waals surface area contributed by atoms with Crippen molar-refractivity contribution in [3.8, 4) is 11.6 Å². The van der Waals surface area contributed by atoms with E-state index in [0.29, 0.717) is 12.4 Å². The lowest BCUT2D eigenvalue weighted by Gasteiger charge is -2.05. The molecule has 0 aliphatic heterocycles. The van der Waals surface area contributed by atoms with Gasteiger partial charge in [0.05, 0.1) is 5.69 Å². The van der Waals surface area contributed by atoms with Crippen molar-refractivity contribution < 1.29 is 4.74 Å². The highest BCUT2D eigenvalue weighted by Gasteiger charge is 2.11. The maximum absolute atomic E-state index is 5.72. The monoisotopic (exact) mass is 232 g/mol. The molecule has 5 nitrogen and oxygen atoms in total. The minimum absolute atomic E-state index is 0.484. The standard InChI is InChI=1S/C12H16N4O/c1-8-12(9(2)16(3)15-8)17-11-5-4-10(6-13)7-14-11/h4-5,7H,6,13H2,1-3H3. The molecule has 17 heavy (non-hydrogen) atoms. The van der Waals surface area contributed by atoms with Gasteiger partial charge in [0, 0.05) is 25.9 Å². The van der Waals surface area contributed by atoms with E-state index >= 15 is 0 Å². The van der Waals surface area contributed by atoms with Crippen molar-refractivity contribution in [2.24, 2.45) is 12.8 Å². The SMILES string of the molecule is Cc1nn(C)c(C)c1Oc1ccc(CN)cn1. The van der Waals surface area contributed by atoms with Crippen LogP contribution < -0.4 is 10.5 Å². The number of hydrogen-bond acceptors (Lipinski definition) is 4. The fourth-order valence-corrected chi connectivity index (χ4v) is 1.60. The smallest absolute Gasteiger partial charge is 0.219 e. The van der Waals surface area contributed by atoms with E-state index in [1.54, 1.807) is 10.9 Å². The molecule has 0 aromatic carbocycles. The average molecular weight is 232 g/mol. The van der Waals surface area contributed by atoms with E-state index in [-0.39, 0.29) is 0 Å². The maximum atomic E-state index is 5.72. The van der Waals surface area contributed by atoms with Crippen LogP contribution in [0.15, 0.2) is 18.3 Å². The quantitative estimate of drug-likeness (QED) is 0.874. The predicted molar refractivity (Wildman–Crippen MR) is 64.9 cm³/mol. The molecule has 0 bridgehead atoms. The van der Waals surface area contributed by atoms with Crippen molar-refractivity contribution in [2.45, 2.75) is 20.4 Å². The Kier molecular flexibility index (Phi) is 3.10. The largest absolute Gasteiger partial charge is 0.435 e. The van der Waals surface area contributed by atoms with Gasteiger partial charge in [-0.05, 0) is 19.4 Å². The number of aryl methyl sites for hydroxylation is 2. The Hall–Kier alpha value is -1.88. The van der Waals surface area contributed by atoms with Crippen molar-refractivity contribution in [2.75, 3.05) is 0 Å². The highest BCUT2D eigenvalue weighted by atomic mass is 16.5. The molecule has 2 aromatic heterocycles. The highest BCUT2D eigenvalue weighted by molar-refractivity contribution is 5.35. The zero-order valence-electron chi connectivity index (χ0n) is 10.3. The molecule has 2 rings (SSSR count). The third kappa shape index (κ3) is 2.29. The van der Waals surface area contributed by atoms with Crippen LogP contribution in [0.4, 0.5) is 0 Å². The van der Waals surface area contributed by atoms with Crippen LogP contribution in [-0.2, 0) is 13.6 Å². The van der Waals surface area contributed by atoms with Crippen molar-refractivity contribution >= 4 is 0 Å². The number of aromatic nitrogens is 3. The fourth-order valence-electron chi connectivity index (χ4n) is 1.60. The van der Waals surface area contributed by atoms with Gasteiger partial charge < -0.3 is 10.5 Å². The summed E-state index contributed by atoms with van der Waals surface area (Å²) < 4.78 is 7.52. The molecule has 5 heteroatoms. The lowest BCUT2D eigenvalue weighted by molar-refractivity contribution is 0.455. The average Bonchev–Trinajstić information content (AvgIpc) is 2.57. The van der Waals surface area contributed by atoms with Crippen molar-refractivity contribution in [3.63, 3.8) is 0 Å². The molecule has 0 aliphatic rings. The van der Waals surface area contributed by atoms with Gasteiger partial charge in [-0.2, -0.15) is 5.10 Å². The summed E-state index contributed by atoms with van der Waals surface area (Å²) in [5.74, 6) is 1.32. The summed E-state index contributed by atoms with van der Waals surface area (Å²) in [6.07, 6.45) is 1.72. The summed E-state index contributed by atoms with van der Waals surface area (Å²) >= 11 is 0. The van der Waals surface area contributed by atoms with Gasteiger partial charge in [0.2, 0.25) is 5.88 Å². The first kappa shape index (κ1) is 11.6. The van der Waals surface area contributed by atoms with Crippen LogP contribution in [0, 0.1) is 13.8 Å². The lowest BCUT2D eigenvalue weighted by Crippen LogP contribution is -1.97. The second kappa shape index (κ2) is 4.55. The number of hydrogen-bond donors (Lipinski definition) is 1. The first-order valence-electron chi connectivity index (χ1n) is 5.45. The van der Waals surface area contributed by atoms with E-state index in [1.807, 2.05) is 33.0 Å². The number of rotatable bonds is 3. The van der Waals surface area contributed by atoms with Crippen LogP contribution in [0.2, 0.25) is 0 Å². The molecule has 0 saturated carbocycles. The molecule has 0 aliphatic carbocycles. The molecule has 0 atom stereocenters. The summed E-state index contributed by atoms with van der Waals surface area (Å²) in [7, 11) is 1.89. The predicted octanol–water partition coefficient (Wildman–Crippen LogP) is 1.68. The molecular formula is C12H16N4O. The van der Waals surface area contributed by atoms with Gasteiger partial charge in [-0.1, -0.05) is 6.07 Å². The molecular weight excluding hydrogens is 216 g/mol. The Morgan fingerprint density at radius 1 is 1.35 bits per heavy atom. The van der Waals surface area contributed by atoms with Crippen molar-refractivity contribution in [1.29, 1.82) is 0 Å². The summed E-state index contributed by atoms with van der Waals surface area (Å²) in [6, 6.07) is 3.72. The summed E-state index contributed by atoms with van der Waals surface area (Å²) in [5, 5.41) is 4.28. The highest BCUT2D eigenvalue weighted by Crippen LogP contribution is 2.26. The van der Waals surface area contributed by atoms with Gasteiger partial charge in [-0.15, -0.1) is 0 Å². The molecule has 2 aromatic rings. The summed E-state index contributed by atoms with van der Waals surface area (Å²) in [4.78, 5) is 4.20. The van der Waals surface area contributed by atoms with Gasteiger partial charge >= 0.3 is 0 Å². The van der Waals surface area contributed by atoms with Crippen LogP contribution in [0.5, 0.6) is 11.6 Å². The first-order valence-corrected chi connectivity index (χ1v) is 5.45. The van der Waals surface area contributed by atoms with Crippen LogP contribution in [0.1, 0.15) is 17.0 Å². The Morgan fingerprint density at radius 3 is 2.59 bits per heavy atom. The first-order chi connectivity index (χ1) is 8.11. The zero-order chi connectivity index (χ0) is 12.4. The molecule has 0 saturated heterocycles. The molecule has 0 radical (unpaired) electrons. The summed E-state index contributed by atoms with van der Waals surface area (Å²) in [5.41, 5.74) is 8.33. The second-order valence-electron chi connectivity index (χ2n) is 3.93. The van der Waals surface area contributed by atoms with Crippen molar-refractivity contribution in [1.82, 2.24) is 14.8 Å². The van der Waals surface area contributed by atoms with E-state index in [0.717, 1.165) is 22.7 Å². The molecule has 0 amide bonds. The van der Waals surface area contributed by atoms with Crippen LogP contribution in [-0.4, -0.2) is 14.8 Å². The third-order valence-corrected chi connectivity index (χ3v) is 2.68.